The van der Waals surface area contributed by atoms with Gasteiger partial charge in [-0.3, -0.25) is 9.59 Å². The molecule has 1 aliphatic rings. The minimum atomic E-state index is -0.124. The number of aryl methyl sites for hydroxylation is 2. The highest BCUT2D eigenvalue weighted by Crippen LogP contribution is 2.31. The molecule has 7 heteroatoms. The number of benzene rings is 1. The van der Waals surface area contributed by atoms with E-state index in [1.54, 1.807) is 34.4 Å². The molecule has 0 saturated heterocycles. The maximum absolute atomic E-state index is 12.6. The quantitative estimate of drug-likeness (QED) is 0.701. The molecule has 0 fully saturated rings. The van der Waals surface area contributed by atoms with Crippen LogP contribution in [0, 0.1) is 0 Å². The molecule has 2 aromatic rings. The number of carbonyl (C=O) groups is 2. The van der Waals surface area contributed by atoms with Gasteiger partial charge < -0.3 is 15.0 Å². The lowest BCUT2D eigenvalue weighted by atomic mass is 9.99. The van der Waals surface area contributed by atoms with Crippen LogP contribution in [0.15, 0.2) is 24.3 Å². The lowest BCUT2D eigenvalue weighted by molar-refractivity contribution is -0.132. The summed E-state index contributed by atoms with van der Waals surface area (Å²) in [5, 5.41) is 3.25. The van der Waals surface area contributed by atoms with Crippen molar-refractivity contribution in [3.63, 3.8) is 0 Å². The Bertz CT molecular complexity index is 838. The molecule has 0 radical (unpaired) electrons. The molecule has 150 valence electrons. The molecule has 1 heterocycles. The molecule has 28 heavy (non-hydrogen) atoms. The third-order valence-corrected chi connectivity index (χ3v) is 6.41. The number of nitrogens with zero attached hydrogens (tertiary/aromatic N) is 1. The second kappa shape index (κ2) is 9.43. The molecule has 0 bridgehead atoms. The number of anilines is 1. The van der Waals surface area contributed by atoms with Crippen LogP contribution in [0.5, 0.6) is 5.75 Å². The van der Waals surface area contributed by atoms with Crippen molar-refractivity contribution in [3.8, 4) is 5.75 Å². The van der Waals surface area contributed by atoms with Crippen LogP contribution in [-0.2, 0) is 17.6 Å². The van der Waals surface area contributed by atoms with Crippen molar-refractivity contribution in [2.75, 3.05) is 25.0 Å². The van der Waals surface area contributed by atoms with Gasteiger partial charge in [0.1, 0.15) is 5.75 Å². The van der Waals surface area contributed by atoms with Gasteiger partial charge in [-0.1, -0.05) is 11.6 Å². The summed E-state index contributed by atoms with van der Waals surface area (Å²) >= 11 is 7.85. The van der Waals surface area contributed by atoms with E-state index in [0.29, 0.717) is 29.5 Å². The van der Waals surface area contributed by atoms with E-state index >= 15 is 0 Å². The molecule has 0 unspecified atom stereocenters. The van der Waals surface area contributed by atoms with E-state index in [0.717, 1.165) is 17.7 Å². The fourth-order valence-corrected chi connectivity index (χ4v) is 4.68. The molecule has 1 aliphatic carbocycles. The molecule has 3 rings (SSSR count). The van der Waals surface area contributed by atoms with E-state index in [1.807, 2.05) is 19.9 Å². The largest absolute Gasteiger partial charge is 0.482 e. The van der Waals surface area contributed by atoms with Crippen molar-refractivity contribution >= 4 is 40.4 Å². The van der Waals surface area contributed by atoms with Crippen LogP contribution in [0.1, 0.15) is 46.8 Å². The lowest BCUT2D eigenvalue weighted by Crippen LogP contribution is -2.34. The van der Waals surface area contributed by atoms with Crippen molar-refractivity contribution in [2.45, 2.75) is 39.5 Å². The van der Waals surface area contributed by atoms with Crippen molar-refractivity contribution in [1.29, 1.82) is 0 Å². The number of hydrogen-bond acceptors (Lipinski definition) is 4. The molecule has 1 aromatic carbocycles. The van der Waals surface area contributed by atoms with Gasteiger partial charge in [0, 0.05) is 23.7 Å². The summed E-state index contributed by atoms with van der Waals surface area (Å²) < 4.78 is 5.55. The zero-order chi connectivity index (χ0) is 20.1. The Balaban J connectivity index is 1.61. The molecule has 0 aliphatic heterocycles. The Labute approximate surface area is 174 Å². The molecule has 0 spiro atoms. The number of fused-ring (bicyclic) bond motifs is 1. The van der Waals surface area contributed by atoms with Crippen molar-refractivity contribution in [1.82, 2.24) is 4.90 Å². The van der Waals surface area contributed by atoms with Gasteiger partial charge in [0.2, 0.25) is 0 Å². The Hall–Kier alpha value is -2.05. The Kier molecular flexibility index (Phi) is 6.97. The molecule has 0 atom stereocenters. The fraction of sp³-hybridized carbons (Fsp3) is 0.429. The van der Waals surface area contributed by atoms with Crippen LogP contribution in [0.25, 0.3) is 0 Å². The maximum Gasteiger partial charge on any atom is 0.265 e. The molecule has 1 aromatic heterocycles. The Morgan fingerprint density at radius 2 is 1.93 bits per heavy atom. The van der Waals surface area contributed by atoms with Gasteiger partial charge in [0.15, 0.2) is 6.61 Å². The first-order valence-electron chi connectivity index (χ1n) is 9.64. The highest BCUT2D eigenvalue weighted by Gasteiger charge is 2.18. The van der Waals surface area contributed by atoms with E-state index in [1.165, 1.54) is 23.3 Å². The van der Waals surface area contributed by atoms with Crippen LogP contribution >= 0.6 is 22.9 Å². The second-order valence-electron chi connectivity index (χ2n) is 6.72. The molecule has 1 N–H and O–H groups in total. The smallest absolute Gasteiger partial charge is 0.265 e. The number of amides is 2. The summed E-state index contributed by atoms with van der Waals surface area (Å²) in [7, 11) is 0. The number of ether oxygens (including phenoxy) is 1. The molecule has 5 nitrogen and oxygen atoms in total. The predicted molar refractivity (Wildman–Crippen MR) is 114 cm³/mol. The predicted octanol–water partition coefficient (Wildman–Crippen LogP) is 4.78. The van der Waals surface area contributed by atoms with E-state index in [-0.39, 0.29) is 18.4 Å². The summed E-state index contributed by atoms with van der Waals surface area (Å²) in [6, 6.07) is 7.05. The number of carbonyl (C=O) groups excluding carboxylic acids is 2. The summed E-state index contributed by atoms with van der Waals surface area (Å²) in [6.07, 6.45) is 4.52. The minimum Gasteiger partial charge on any atom is -0.482 e. The van der Waals surface area contributed by atoms with Gasteiger partial charge in [-0.25, -0.2) is 0 Å². The van der Waals surface area contributed by atoms with E-state index in [9.17, 15) is 9.59 Å². The average Bonchev–Trinajstić information content (AvgIpc) is 3.13. The number of nitrogens with one attached hydrogen (secondary N) is 1. The SMILES string of the molecule is CCN(CC)C(=O)COc1ccc(NC(=O)c2cc3c(s2)CCCC3)cc1Cl. The summed E-state index contributed by atoms with van der Waals surface area (Å²) in [5.41, 5.74) is 1.91. The molecular weight excluding hydrogens is 396 g/mol. The number of rotatable bonds is 7. The second-order valence-corrected chi connectivity index (χ2v) is 8.26. The first-order valence-corrected chi connectivity index (χ1v) is 10.8. The zero-order valence-electron chi connectivity index (χ0n) is 16.2. The van der Waals surface area contributed by atoms with E-state index in [4.69, 9.17) is 16.3 Å². The van der Waals surface area contributed by atoms with Gasteiger partial charge in [0.05, 0.1) is 9.90 Å². The Morgan fingerprint density at radius 1 is 1.18 bits per heavy atom. The van der Waals surface area contributed by atoms with Gasteiger partial charge in [-0.05, 0) is 69.4 Å². The van der Waals surface area contributed by atoms with E-state index in [2.05, 4.69) is 5.32 Å². The normalized spacial score (nSPS) is 13.0. The Morgan fingerprint density at radius 3 is 2.61 bits per heavy atom. The molecular formula is C21H25ClN2O3S. The summed E-state index contributed by atoms with van der Waals surface area (Å²) in [5.74, 6) is 0.215. The van der Waals surface area contributed by atoms with Gasteiger partial charge in [0.25, 0.3) is 11.8 Å². The number of likely N-dealkylation sites (N-methyl/N-ethyl adjacent to an activating group) is 1. The van der Waals surface area contributed by atoms with E-state index < -0.39 is 0 Å². The topological polar surface area (TPSA) is 58.6 Å². The molecule has 0 saturated carbocycles. The minimum absolute atomic E-state index is 0.0617. The fourth-order valence-electron chi connectivity index (χ4n) is 3.30. The molecule has 2 amide bonds. The van der Waals surface area contributed by atoms with Gasteiger partial charge >= 0.3 is 0 Å². The third kappa shape index (κ3) is 4.86. The monoisotopic (exact) mass is 420 g/mol. The number of halogens is 1. The highest BCUT2D eigenvalue weighted by atomic mass is 35.5. The maximum atomic E-state index is 12.6. The number of hydrogen-bond donors (Lipinski definition) is 1. The van der Waals surface area contributed by atoms with Crippen LogP contribution in [-0.4, -0.2) is 36.4 Å². The number of thiophene rings is 1. The van der Waals surface area contributed by atoms with Crippen molar-refractivity contribution in [3.05, 3.63) is 44.6 Å². The van der Waals surface area contributed by atoms with Crippen molar-refractivity contribution < 1.29 is 14.3 Å². The van der Waals surface area contributed by atoms with Gasteiger partial charge in [-0.15, -0.1) is 11.3 Å². The summed E-state index contributed by atoms with van der Waals surface area (Å²) in [4.78, 5) is 28.4. The van der Waals surface area contributed by atoms with Crippen LogP contribution in [0.3, 0.4) is 0 Å². The first kappa shape index (κ1) is 20.7. The van der Waals surface area contributed by atoms with Crippen LogP contribution in [0.2, 0.25) is 5.02 Å². The lowest BCUT2D eigenvalue weighted by Gasteiger charge is -2.19. The third-order valence-electron chi connectivity index (χ3n) is 4.88. The van der Waals surface area contributed by atoms with Crippen molar-refractivity contribution in [2.24, 2.45) is 0 Å². The standard InChI is InChI=1S/C21H25ClN2O3S/c1-3-24(4-2)20(25)13-27-17-10-9-15(12-16(17)22)23-21(26)19-11-14-7-5-6-8-18(14)28-19/h9-12H,3-8,13H2,1-2H3,(H,23,26). The van der Waals surface area contributed by atoms with Crippen LogP contribution in [0.4, 0.5) is 5.69 Å². The zero-order valence-corrected chi connectivity index (χ0v) is 17.8. The average molecular weight is 421 g/mol. The highest BCUT2D eigenvalue weighted by molar-refractivity contribution is 7.14. The summed E-state index contributed by atoms with van der Waals surface area (Å²) in [6.45, 7) is 5.08. The first-order chi connectivity index (χ1) is 13.5. The van der Waals surface area contributed by atoms with Gasteiger partial charge in [-0.2, -0.15) is 0 Å². The van der Waals surface area contributed by atoms with Crippen LogP contribution < -0.4 is 10.1 Å².